The van der Waals surface area contributed by atoms with Crippen LogP contribution in [0, 0.1) is 0 Å². The van der Waals surface area contributed by atoms with Crippen molar-refractivity contribution in [1.82, 2.24) is 30.1 Å². The number of rotatable bonds is 6. The van der Waals surface area contributed by atoms with Gasteiger partial charge in [-0.25, -0.2) is 0 Å². The minimum atomic E-state index is 0.545. The van der Waals surface area contributed by atoms with Gasteiger partial charge in [0.15, 0.2) is 17.4 Å². The molecule has 0 radical (unpaired) electrons. The monoisotopic (exact) mass is 393 g/mol. The molecule has 3 heterocycles. The lowest BCUT2D eigenvalue weighted by atomic mass is 10.1. The average molecular weight is 393 g/mol. The third-order valence-electron chi connectivity index (χ3n) is 5.01. The third-order valence-corrected chi connectivity index (χ3v) is 5.01. The van der Waals surface area contributed by atoms with Crippen molar-refractivity contribution in [3.05, 3.63) is 65.6 Å². The maximum Gasteiger partial charge on any atom is 0.191 e. The molecule has 0 unspecified atom stereocenters. The van der Waals surface area contributed by atoms with Gasteiger partial charge >= 0.3 is 0 Å². The molecular formula is C21H27N7O. The molecule has 1 aromatic carbocycles. The van der Waals surface area contributed by atoms with E-state index in [1.165, 1.54) is 11.1 Å². The molecule has 1 saturated heterocycles. The predicted octanol–water partition coefficient (Wildman–Crippen LogP) is 1.43. The molecule has 3 aromatic rings. The second-order valence-corrected chi connectivity index (χ2v) is 7.03. The molecule has 0 saturated carbocycles. The zero-order chi connectivity index (χ0) is 19.9. The molecule has 8 heteroatoms. The van der Waals surface area contributed by atoms with E-state index in [9.17, 15) is 0 Å². The molecule has 2 aromatic heterocycles. The van der Waals surface area contributed by atoms with Crippen LogP contribution < -0.4 is 10.6 Å². The summed E-state index contributed by atoms with van der Waals surface area (Å²) in [6.45, 7) is 5.91. The summed E-state index contributed by atoms with van der Waals surface area (Å²) in [4.78, 5) is 6.72. The lowest BCUT2D eigenvalue weighted by Crippen LogP contribution is -2.36. The molecule has 0 amide bonds. The highest BCUT2D eigenvalue weighted by atomic mass is 16.5. The summed E-state index contributed by atoms with van der Waals surface area (Å²) in [7, 11) is 1.77. The number of fused-ring (bicyclic) bond motifs is 1. The smallest absolute Gasteiger partial charge is 0.191 e. The average Bonchev–Trinajstić information content (AvgIpc) is 3.19. The van der Waals surface area contributed by atoms with E-state index in [0.29, 0.717) is 13.1 Å². The summed E-state index contributed by atoms with van der Waals surface area (Å²) < 4.78 is 7.38. The first-order valence-electron chi connectivity index (χ1n) is 9.93. The van der Waals surface area contributed by atoms with Crippen LogP contribution in [0.1, 0.15) is 17.0 Å². The van der Waals surface area contributed by atoms with E-state index < -0.39 is 0 Å². The van der Waals surface area contributed by atoms with E-state index in [1.54, 1.807) is 7.05 Å². The van der Waals surface area contributed by atoms with Gasteiger partial charge in [0.1, 0.15) is 0 Å². The number of aromatic nitrogens is 3. The lowest BCUT2D eigenvalue weighted by molar-refractivity contribution is 0.0342. The van der Waals surface area contributed by atoms with E-state index in [1.807, 2.05) is 28.8 Å². The molecule has 0 bridgehead atoms. The Labute approximate surface area is 170 Å². The number of aliphatic imine (C=N–C) groups is 1. The van der Waals surface area contributed by atoms with Crippen LogP contribution >= 0.6 is 0 Å². The molecule has 0 aliphatic carbocycles. The molecule has 8 nitrogen and oxygen atoms in total. The first-order valence-corrected chi connectivity index (χ1v) is 9.93. The van der Waals surface area contributed by atoms with Gasteiger partial charge in [0.25, 0.3) is 0 Å². The first kappa shape index (κ1) is 19.4. The summed E-state index contributed by atoms with van der Waals surface area (Å²) in [5.74, 6) is 1.58. The van der Waals surface area contributed by atoms with Crippen molar-refractivity contribution in [2.24, 2.45) is 4.99 Å². The van der Waals surface area contributed by atoms with Crippen molar-refractivity contribution in [3.8, 4) is 0 Å². The number of hydrogen-bond donors (Lipinski definition) is 2. The highest BCUT2D eigenvalue weighted by molar-refractivity contribution is 5.79. The Kier molecular flexibility index (Phi) is 6.33. The van der Waals surface area contributed by atoms with Crippen molar-refractivity contribution >= 4 is 11.6 Å². The van der Waals surface area contributed by atoms with E-state index in [4.69, 9.17) is 4.74 Å². The number of pyridine rings is 1. The van der Waals surface area contributed by atoms with Crippen LogP contribution in [0.2, 0.25) is 0 Å². The normalized spacial score (nSPS) is 15.6. The Hall–Kier alpha value is -2.97. The fraction of sp³-hybridized carbons (Fsp3) is 0.381. The van der Waals surface area contributed by atoms with Crippen LogP contribution in [0.25, 0.3) is 5.65 Å². The SMILES string of the molecule is CN=C(NCc1ccc(CN2CCOCC2)cc1)NCc1nnc2ccccn12. The molecule has 1 fully saturated rings. The lowest BCUT2D eigenvalue weighted by Gasteiger charge is -2.26. The molecule has 0 spiro atoms. The van der Waals surface area contributed by atoms with E-state index in [-0.39, 0.29) is 0 Å². The standard InChI is InChI=1S/C21H27N7O/c1-22-21(24-15-20-26-25-19-4-2-3-9-28(19)20)23-14-17-5-7-18(8-6-17)16-27-10-12-29-13-11-27/h2-9H,10-16H2,1H3,(H2,22,23,24). The van der Waals surface area contributed by atoms with Crippen LogP contribution in [0.4, 0.5) is 0 Å². The summed E-state index contributed by atoms with van der Waals surface area (Å²) in [5, 5.41) is 15.0. The number of morpholine rings is 1. The second kappa shape index (κ2) is 9.49. The van der Waals surface area contributed by atoms with Crippen LogP contribution in [0.15, 0.2) is 53.7 Å². The number of benzene rings is 1. The first-order chi connectivity index (χ1) is 14.3. The maximum absolute atomic E-state index is 5.41. The van der Waals surface area contributed by atoms with Crippen molar-refractivity contribution in [3.63, 3.8) is 0 Å². The highest BCUT2D eigenvalue weighted by Crippen LogP contribution is 2.09. The van der Waals surface area contributed by atoms with Crippen molar-refractivity contribution in [2.75, 3.05) is 33.4 Å². The molecule has 152 valence electrons. The van der Waals surface area contributed by atoms with Crippen molar-refractivity contribution < 1.29 is 4.74 Å². The quantitative estimate of drug-likeness (QED) is 0.487. The molecule has 1 aliphatic rings. The fourth-order valence-corrected chi connectivity index (χ4v) is 3.36. The van der Waals surface area contributed by atoms with Gasteiger partial charge in [-0.2, -0.15) is 0 Å². The van der Waals surface area contributed by atoms with Gasteiger partial charge in [0.05, 0.1) is 19.8 Å². The minimum Gasteiger partial charge on any atom is -0.379 e. The second-order valence-electron chi connectivity index (χ2n) is 7.03. The van der Waals surface area contributed by atoms with Crippen LogP contribution in [0.5, 0.6) is 0 Å². The summed E-state index contributed by atoms with van der Waals surface area (Å²) >= 11 is 0. The molecular weight excluding hydrogens is 366 g/mol. The fourth-order valence-electron chi connectivity index (χ4n) is 3.36. The Morgan fingerprint density at radius 2 is 1.76 bits per heavy atom. The van der Waals surface area contributed by atoms with Gasteiger partial charge in [0.2, 0.25) is 0 Å². The van der Waals surface area contributed by atoms with Crippen LogP contribution in [-0.2, 0) is 24.4 Å². The molecule has 2 N–H and O–H groups in total. The Balaban J connectivity index is 1.27. The van der Waals surface area contributed by atoms with E-state index in [2.05, 4.69) is 55.0 Å². The zero-order valence-electron chi connectivity index (χ0n) is 16.7. The molecule has 1 aliphatic heterocycles. The number of guanidine groups is 1. The zero-order valence-corrected chi connectivity index (χ0v) is 16.7. The molecule has 0 atom stereocenters. The topological polar surface area (TPSA) is 79.1 Å². The van der Waals surface area contributed by atoms with Gasteiger partial charge in [-0.1, -0.05) is 30.3 Å². The number of nitrogens with zero attached hydrogens (tertiary/aromatic N) is 5. The van der Waals surface area contributed by atoms with Crippen molar-refractivity contribution in [1.29, 1.82) is 0 Å². The van der Waals surface area contributed by atoms with Crippen LogP contribution in [-0.4, -0.2) is 58.8 Å². The van der Waals surface area contributed by atoms with Gasteiger partial charge in [-0.15, -0.1) is 10.2 Å². The number of ether oxygens (including phenoxy) is 1. The predicted molar refractivity (Wildman–Crippen MR) is 113 cm³/mol. The Morgan fingerprint density at radius 3 is 2.55 bits per heavy atom. The van der Waals surface area contributed by atoms with Gasteiger partial charge < -0.3 is 15.4 Å². The summed E-state index contributed by atoms with van der Waals surface area (Å²) in [5.41, 5.74) is 3.38. The van der Waals surface area contributed by atoms with Crippen molar-refractivity contribution in [2.45, 2.75) is 19.6 Å². The van der Waals surface area contributed by atoms with Gasteiger partial charge in [-0.05, 0) is 23.3 Å². The van der Waals surface area contributed by atoms with Gasteiger partial charge in [-0.3, -0.25) is 14.3 Å². The highest BCUT2D eigenvalue weighted by Gasteiger charge is 2.10. The number of nitrogens with one attached hydrogen (secondary N) is 2. The molecule has 4 rings (SSSR count). The summed E-state index contributed by atoms with van der Waals surface area (Å²) in [6, 6.07) is 14.6. The Morgan fingerprint density at radius 1 is 1.00 bits per heavy atom. The minimum absolute atomic E-state index is 0.545. The number of hydrogen-bond acceptors (Lipinski definition) is 5. The van der Waals surface area contributed by atoms with Crippen LogP contribution in [0.3, 0.4) is 0 Å². The van der Waals surface area contributed by atoms with E-state index >= 15 is 0 Å². The largest absolute Gasteiger partial charge is 0.379 e. The summed E-state index contributed by atoms with van der Waals surface area (Å²) in [6.07, 6.45) is 1.96. The van der Waals surface area contributed by atoms with E-state index in [0.717, 1.165) is 50.3 Å². The maximum atomic E-state index is 5.41. The van der Waals surface area contributed by atoms with Gasteiger partial charge in [0, 0.05) is 39.4 Å². The molecule has 29 heavy (non-hydrogen) atoms. The Bertz CT molecular complexity index is 945. The third kappa shape index (κ3) is 5.10.